The van der Waals surface area contributed by atoms with Crippen LogP contribution in [0.15, 0.2) is 23.1 Å². The average molecular weight is 283 g/mol. The number of anilines is 1. The third-order valence-electron chi connectivity index (χ3n) is 2.18. The van der Waals surface area contributed by atoms with E-state index in [1.165, 1.54) is 11.8 Å². The Balaban J connectivity index is 2.74. The molecule has 1 aromatic rings. The van der Waals surface area contributed by atoms with E-state index in [9.17, 15) is 9.59 Å². The molecule has 0 aliphatic carbocycles. The van der Waals surface area contributed by atoms with Crippen LogP contribution in [0.3, 0.4) is 0 Å². The third-order valence-corrected chi connectivity index (χ3v) is 3.22. The van der Waals surface area contributed by atoms with Gasteiger partial charge in [-0.15, -0.1) is 11.8 Å². The molecule has 0 radical (unpaired) electrons. The van der Waals surface area contributed by atoms with E-state index in [-0.39, 0.29) is 11.7 Å². The summed E-state index contributed by atoms with van der Waals surface area (Å²) < 4.78 is 9.73. The van der Waals surface area contributed by atoms with E-state index in [0.29, 0.717) is 29.4 Å². The summed E-state index contributed by atoms with van der Waals surface area (Å²) in [5.41, 5.74) is 6.73. The Bertz CT molecular complexity index is 462. The Hall–Kier alpha value is -1.69. The van der Waals surface area contributed by atoms with E-state index in [0.717, 1.165) is 0 Å². The van der Waals surface area contributed by atoms with Crippen molar-refractivity contribution < 1.29 is 19.1 Å². The van der Waals surface area contributed by atoms with Gasteiger partial charge in [0.05, 0.1) is 24.5 Å². The molecule has 19 heavy (non-hydrogen) atoms. The standard InChI is InChI=1S/C13H17NO4S/c1-3-17-12(15)8-19-11-7-9(5-6-10(11)14)13(16)18-4-2/h5-7H,3-4,8,14H2,1-2H3. The number of nitrogen functional groups attached to an aromatic ring is 1. The molecule has 1 aromatic carbocycles. The molecule has 0 spiro atoms. The van der Waals surface area contributed by atoms with Crippen molar-refractivity contribution in [3.63, 3.8) is 0 Å². The quantitative estimate of drug-likeness (QED) is 0.489. The largest absolute Gasteiger partial charge is 0.465 e. The number of ether oxygens (including phenoxy) is 2. The van der Waals surface area contributed by atoms with Crippen molar-refractivity contribution in [2.75, 3.05) is 24.7 Å². The van der Waals surface area contributed by atoms with Crippen LogP contribution in [0.5, 0.6) is 0 Å². The molecule has 0 aromatic heterocycles. The zero-order chi connectivity index (χ0) is 14.3. The molecule has 0 atom stereocenters. The summed E-state index contributed by atoms with van der Waals surface area (Å²) in [7, 11) is 0. The smallest absolute Gasteiger partial charge is 0.338 e. The second kappa shape index (κ2) is 7.68. The zero-order valence-electron chi connectivity index (χ0n) is 11.0. The van der Waals surface area contributed by atoms with Gasteiger partial charge in [-0.05, 0) is 32.0 Å². The molecule has 6 heteroatoms. The van der Waals surface area contributed by atoms with Gasteiger partial charge in [0.2, 0.25) is 0 Å². The topological polar surface area (TPSA) is 78.6 Å². The summed E-state index contributed by atoms with van der Waals surface area (Å²) in [6.45, 7) is 4.15. The molecule has 1 rings (SSSR count). The summed E-state index contributed by atoms with van der Waals surface area (Å²) in [6, 6.07) is 4.85. The fraction of sp³-hybridized carbons (Fsp3) is 0.385. The molecule has 0 heterocycles. The fourth-order valence-electron chi connectivity index (χ4n) is 1.34. The highest BCUT2D eigenvalue weighted by Crippen LogP contribution is 2.26. The van der Waals surface area contributed by atoms with Gasteiger partial charge in [0.15, 0.2) is 0 Å². The highest BCUT2D eigenvalue weighted by atomic mass is 32.2. The summed E-state index contributed by atoms with van der Waals surface area (Å²) in [5.74, 6) is -0.557. The van der Waals surface area contributed by atoms with Crippen LogP contribution >= 0.6 is 11.8 Å². The number of thioether (sulfide) groups is 1. The van der Waals surface area contributed by atoms with E-state index in [4.69, 9.17) is 15.2 Å². The van der Waals surface area contributed by atoms with Crippen LogP contribution in [0.4, 0.5) is 5.69 Å². The van der Waals surface area contributed by atoms with Crippen LogP contribution in [-0.4, -0.2) is 30.9 Å². The van der Waals surface area contributed by atoms with Gasteiger partial charge < -0.3 is 15.2 Å². The fourth-order valence-corrected chi connectivity index (χ4v) is 2.14. The first-order chi connectivity index (χ1) is 9.08. The lowest BCUT2D eigenvalue weighted by molar-refractivity contribution is -0.139. The first-order valence-corrected chi connectivity index (χ1v) is 6.92. The van der Waals surface area contributed by atoms with Gasteiger partial charge in [-0.3, -0.25) is 4.79 Å². The average Bonchev–Trinajstić information content (AvgIpc) is 2.38. The highest BCUT2D eigenvalue weighted by molar-refractivity contribution is 8.00. The maximum atomic E-state index is 11.6. The molecular weight excluding hydrogens is 266 g/mol. The van der Waals surface area contributed by atoms with Crippen molar-refractivity contribution >= 4 is 29.4 Å². The van der Waals surface area contributed by atoms with Crippen LogP contribution in [0, 0.1) is 0 Å². The van der Waals surface area contributed by atoms with E-state index in [1.54, 1.807) is 32.0 Å². The second-order valence-corrected chi connectivity index (χ2v) is 4.58. The molecule has 2 N–H and O–H groups in total. The van der Waals surface area contributed by atoms with Crippen molar-refractivity contribution in [1.29, 1.82) is 0 Å². The Morgan fingerprint density at radius 2 is 1.89 bits per heavy atom. The van der Waals surface area contributed by atoms with Gasteiger partial charge in [-0.2, -0.15) is 0 Å². The van der Waals surface area contributed by atoms with Gasteiger partial charge in [0.25, 0.3) is 0 Å². The SMILES string of the molecule is CCOC(=O)CSc1cc(C(=O)OCC)ccc1N. The Morgan fingerprint density at radius 1 is 1.21 bits per heavy atom. The predicted molar refractivity (Wildman–Crippen MR) is 74.2 cm³/mol. The Kier molecular flexibility index (Phi) is 6.21. The number of hydrogen-bond donors (Lipinski definition) is 1. The van der Waals surface area contributed by atoms with E-state index < -0.39 is 5.97 Å². The van der Waals surface area contributed by atoms with E-state index >= 15 is 0 Å². The zero-order valence-corrected chi connectivity index (χ0v) is 11.8. The van der Waals surface area contributed by atoms with Gasteiger partial charge in [-0.25, -0.2) is 4.79 Å². The van der Waals surface area contributed by atoms with E-state index in [2.05, 4.69) is 0 Å². The summed E-state index contributed by atoms with van der Waals surface area (Å²) in [5, 5.41) is 0. The lowest BCUT2D eigenvalue weighted by Crippen LogP contribution is -2.08. The predicted octanol–water partition coefficient (Wildman–Crippen LogP) is 2.10. The molecule has 0 saturated heterocycles. The normalized spacial score (nSPS) is 10.0. The minimum Gasteiger partial charge on any atom is -0.465 e. The lowest BCUT2D eigenvalue weighted by Gasteiger charge is -2.08. The Labute approximate surface area is 116 Å². The molecule has 0 fully saturated rings. The molecule has 0 aliphatic heterocycles. The second-order valence-electron chi connectivity index (χ2n) is 3.57. The van der Waals surface area contributed by atoms with Gasteiger partial charge in [0, 0.05) is 10.6 Å². The van der Waals surface area contributed by atoms with Crippen LogP contribution in [0.25, 0.3) is 0 Å². The minimum atomic E-state index is -0.402. The van der Waals surface area contributed by atoms with Crippen molar-refractivity contribution in [1.82, 2.24) is 0 Å². The van der Waals surface area contributed by atoms with Crippen LogP contribution in [-0.2, 0) is 14.3 Å². The number of rotatable bonds is 6. The molecule has 104 valence electrons. The molecular formula is C13H17NO4S. The van der Waals surface area contributed by atoms with Gasteiger partial charge in [-0.1, -0.05) is 0 Å². The van der Waals surface area contributed by atoms with Crippen LogP contribution < -0.4 is 5.73 Å². The number of benzene rings is 1. The van der Waals surface area contributed by atoms with Crippen LogP contribution in [0.2, 0.25) is 0 Å². The van der Waals surface area contributed by atoms with E-state index in [1.807, 2.05) is 0 Å². The van der Waals surface area contributed by atoms with Crippen molar-refractivity contribution in [3.05, 3.63) is 23.8 Å². The number of carbonyl (C=O) groups excluding carboxylic acids is 2. The number of esters is 2. The van der Waals surface area contributed by atoms with Crippen molar-refractivity contribution in [3.8, 4) is 0 Å². The maximum Gasteiger partial charge on any atom is 0.338 e. The van der Waals surface area contributed by atoms with Crippen molar-refractivity contribution in [2.24, 2.45) is 0 Å². The van der Waals surface area contributed by atoms with Crippen LogP contribution in [0.1, 0.15) is 24.2 Å². The maximum absolute atomic E-state index is 11.6. The third kappa shape index (κ3) is 4.82. The number of hydrogen-bond acceptors (Lipinski definition) is 6. The monoisotopic (exact) mass is 283 g/mol. The molecule has 0 amide bonds. The molecule has 5 nitrogen and oxygen atoms in total. The summed E-state index contributed by atoms with van der Waals surface area (Å²) in [6.07, 6.45) is 0. The molecule has 0 unspecified atom stereocenters. The number of carbonyl (C=O) groups is 2. The Morgan fingerprint density at radius 3 is 2.53 bits per heavy atom. The van der Waals surface area contributed by atoms with Gasteiger partial charge in [0.1, 0.15) is 0 Å². The highest BCUT2D eigenvalue weighted by Gasteiger charge is 2.11. The number of nitrogens with two attached hydrogens (primary N) is 1. The first kappa shape index (κ1) is 15.4. The molecule has 0 saturated carbocycles. The minimum absolute atomic E-state index is 0.157. The molecule has 0 bridgehead atoms. The first-order valence-electron chi connectivity index (χ1n) is 5.93. The van der Waals surface area contributed by atoms with Crippen molar-refractivity contribution in [2.45, 2.75) is 18.7 Å². The lowest BCUT2D eigenvalue weighted by atomic mass is 10.2. The van der Waals surface area contributed by atoms with Gasteiger partial charge >= 0.3 is 11.9 Å². The molecule has 0 aliphatic rings. The summed E-state index contributed by atoms with van der Waals surface area (Å²) in [4.78, 5) is 23.5. The summed E-state index contributed by atoms with van der Waals surface area (Å²) >= 11 is 1.24.